The number of nitrogens with one attached hydrogen (secondary N) is 2. The Morgan fingerprint density at radius 1 is 1.46 bits per heavy atom. The molecule has 0 aliphatic carbocycles. The molecule has 2 aromatic rings. The minimum atomic E-state index is 0.914. The van der Waals surface area contributed by atoms with Crippen molar-refractivity contribution in [1.82, 2.24) is 10.2 Å². The summed E-state index contributed by atoms with van der Waals surface area (Å²) in [7, 11) is 1.88. The van der Waals surface area contributed by atoms with Gasteiger partial charge in [-0.15, -0.1) is 0 Å². The van der Waals surface area contributed by atoms with E-state index < -0.39 is 0 Å². The first kappa shape index (κ1) is 8.10. The van der Waals surface area contributed by atoms with Crippen molar-refractivity contribution >= 4 is 16.7 Å². The third-order valence-electron chi connectivity index (χ3n) is 2.27. The lowest BCUT2D eigenvalue weighted by Crippen LogP contribution is -1.87. The second kappa shape index (κ2) is 3.09. The van der Waals surface area contributed by atoms with Crippen molar-refractivity contribution in [3.05, 3.63) is 23.8 Å². The molecule has 3 nitrogen and oxygen atoms in total. The quantitative estimate of drug-likeness (QED) is 0.734. The number of aromatic nitrogens is 2. The second-order valence-electron chi connectivity index (χ2n) is 3.06. The van der Waals surface area contributed by atoms with E-state index in [0.29, 0.717) is 0 Å². The summed E-state index contributed by atoms with van der Waals surface area (Å²) in [5.74, 6) is 0.914. The number of H-pyrrole nitrogens is 1. The zero-order chi connectivity index (χ0) is 9.26. The van der Waals surface area contributed by atoms with Gasteiger partial charge in [0.2, 0.25) is 0 Å². The van der Waals surface area contributed by atoms with Crippen LogP contribution in [0, 0.1) is 0 Å². The Kier molecular flexibility index (Phi) is 1.93. The zero-order valence-corrected chi connectivity index (χ0v) is 7.89. The van der Waals surface area contributed by atoms with Gasteiger partial charge in [-0.05, 0) is 24.1 Å². The topological polar surface area (TPSA) is 40.7 Å². The van der Waals surface area contributed by atoms with Crippen LogP contribution < -0.4 is 5.32 Å². The van der Waals surface area contributed by atoms with Crippen LogP contribution >= 0.6 is 0 Å². The molecule has 0 aliphatic rings. The van der Waals surface area contributed by atoms with Crippen LogP contribution in [0.15, 0.2) is 18.2 Å². The summed E-state index contributed by atoms with van der Waals surface area (Å²) >= 11 is 0. The van der Waals surface area contributed by atoms with Crippen LogP contribution in [-0.4, -0.2) is 17.2 Å². The first-order valence-corrected chi connectivity index (χ1v) is 4.50. The average Bonchev–Trinajstić information content (AvgIpc) is 2.59. The SMILES string of the molecule is CCc1ccc2c(NC)n[nH]c2c1. The van der Waals surface area contributed by atoms with Crippen LogP contribution in [0.4, 0.5) is 5.82 Å². The van der Waals surface area contributed by atoms with Crippen LogP contribution in [0.5, 0.6) is 0 Å². The molecule has 2 rings (SSSR count). The van der Waals surface area contributed by atoms with E-state index in [-0.39, 0.29) is 0 Å². The molecule has 13 heavy (non-hydrogen) atoms. The highest BCUT2D eigenvalue weighted by molar-refractivity contribution is 5.89. The van der Waals surface area contributed by atoms with Gasteiger partial charge >= 0.3 is 0 Å². The Morgan fingerprint density at radius 2 is 2.31 bits per heavy atom. The van der Waals surface area contributed by atoms with Crippen LogP contribution in [0.3, 0.4) is 0 Å². The van der Waals surface area contributed by atoms with Gasteiger partial charge in [-0.3, -0.25) is 5.10 Å². The third-order valence-corrected chi connectivity index (χ3v) is 2.27. The zero-order valence-electron chi connectivity index (χ0n) is 7.89. The largest absolute Gasteiger partial charge is 0.371 e. The molecule has 0 saturated carbocycles. The third kappa shape index (κ3) is 1.26. The van der Waals surface area contributed by atoms with Crippen molar-refractivity contribution in [2.75, 3.05) is 12.4 Å². The minimum Gasteiger partial charge on any atom is -0.371 e. The van der Waals surface area contributed by atoms with E-state index in [4.69, 9.17) is 0 Å². The van der Waals surface area contributed by atoms with Crippen molar-refractivity contribution in [2.24, 2.45) is 0 Å². The van der Waals surface area contributed by atoms with Gasteiger partial charge in [0.15, 0.2) is 5.82 Å². The van der Waals surface area contributed by atoms with Crippen LogP contribution in [-0.2, 0) is 6.42 Å². The summed E-state index contributed by atoms with van der Waals surface area (Å²) in [6.07, 6.45) is 1.06. The summed E-state index contributed by atoms with van der Waals surface area (Å²) in [4.78, 5) is 0. The van der Waals surface area contributed by atoms with Crippen molar-refractivity contribution < 1.29 is 0 Å². The summed E-state index contributed by atoms with van der Waals surface area (Å²) in [6.45, 7) is 2.15. The van der Waals surface area contributed by atoms with E-state index in [0.717, 1.165) is 23.1 Å². The molecule has 1 heterocycles. The maximum atomic E-state index is 4.15. The Morgan fingerprint density at radius 3 is 3.00 bits per heavy atom. The number of fused-ring (bicyclic) bond motifs is 1. The van der Waals surface area contributed by atoms with Gasteiger partial charge in [-0.2, -0.15) is 5.10 Å². The Balaban J connectivity index is 2.61. The Hall–Kier alpha value is -1.51. The Bertz CT molecular complexity index is 417. The lowest BCUT2D eigenvalue weighted by atomic mass is 10.1. The number of hydrogen-bond donors (Lipinski definition) is 2. The molecule has 0 bridgehead atoms. The molecule has 0 unspecified atom stereocenters. The van der Waals surface area contributed by atoms with Gasteiger partial charge in [-0.1, -0.05) is 13.0 Å². The highest BCUT2D eigenvalue weighted by atomic mass is 15.2. The fourth-order valence-corrected chi connectivity index (χ4v) is 1.48. The number of benzene rings is 1. The van der Waals surface area contributed by atoms with Gasteiger partial charge in [0.05, 0.1) is 5.52 Å². The maximum absolute atomic E-state index is 4.15. The molecule has 0 radical (unpaired) electrons. The highest BCUT2D eigenvalue weighted by Gasteiger charge is 2.02. The second-order valence-corrected chi connectivity index (χ2v) is 3.06. The highest BCUT2D eigenvalue weighted by Crippen LogP contribution is 2.20. The fraction of sp³-hybridized carbons (Fsp3) is 0.300. The van der Waals surface area contributed by atoms with Crippen molar-refractivity contribution in [3.63, 3.8) is 0 Å². The molecule has 68 valence electrons. The molecule has 0 amide bonds. The molecule has 0 atom stereocenters. The van der Waals surface area contributed by atoms with E-state index in [1.165, 1.54) is 5.56 Å². The summed E-state index contributed by atoms with van der Waals surface area (Å²) in [6, 6.07) is 6.38. The maximum Gasteiger partial charge on any atom is 0.155 e. The van der Waals surface area contributed by atoms with Gasteiger partial charge in [0.1, 0.15) is 0 Å². The predicted octanol–water partition coefficient (Wildman–Crippen LogP) is 2.17. The number of nitrogens with zero attached hydrogens (tertiary/aromatic N) is 1. The smallest absolute Gasteiger partial charge is 0.155 e. The first-order chi connectivity index (χ1) is 6.35. The van der Waals surface area contributed by atoms with Gasteiger partial charge in [-0.25, -0.2) is 0 Å². The minimum absolute atomic E-state index is 0.914. The molecular formula is C10H13N3. The summed E-state index contributed by atoms with van der Waals surface area (Å²) in [5, 5.41) is 11.4. The number of aryl methyl sites for hydroxylation is 1. The van der Waals surface area contributed by atoms with Crippen molar-refractivity contribution in [1.29, 1.82) is 0 Å². The normalized spacial score (nSPS) is 10.6. The average molecular weight is 175 g/mol. The van der Waals surface area contributed by atoms with E-state index >= 15 is 0 Å². The molecular weight excluding hydrogens is 162 g/mol. The van der Waals surface area contributed by atoms with Crippen LogP contribution in [0.25, 0.3) is 10.9 Å². The fourth-order valence-electron chi connectivity index (χ4n) is 1.48. The van der Waals surface area contributed by atoms with Crippen molar-refractivity contribution in [3.8, 4) is 0 Å². The van der Waals surface area contributed by atoms with E-state index in [1.807, 2.05) is 7.05 Å². The molecule has 0 fully saturated rings. The number of aromatic amines is 1. The van der Waals surface area contributed by atoms with E-state index in [2.05, 4.69) is 40.6 Å². The molecule has 3 heteroatoms. The standard InChI is InChI=1S/C10H13N3/c1-3-7-4-5-8-9(6-7)12-13-10(8)11-2/h4-6H,3H2,1-2H3,(H2,11,12,13). The van der Waals surface area contributed by atoms with Crippen molar-refractivity contribution in [2.45, 2.75) is 13.3 Å². The molecule has 1 aromatic heterocycles. The lowest BCUT2D eigenvalue weighted by Gasteiger charge is -1.96. The number of hydrogen-bond acceptors (Lipinski definition) is 2. The van der Waals surface area contributed by atoms with E-state index in [9.17, 15) is 0 Å². The molecule has 0 saturated heterocycles. The lowest BCUT2D eigenvalue weighted by molar-refractivity contribution is 1.11. The van der Waals surface area contributed by atoms with Gasteiger partial charge < -0.3 is 5.32 Å². The molecule has 0 spiro atoms. The monoisotopic (exact) mass is 175 g/mol. The Labute approximate surface area is 77.2 Å². The van der Waals surface area contributed by atoms with E-state index in [1.54, 1.807) is 0 Å². The summed E-state index contributed by atoms with van der Waals surface area (Å²) in [5.41, 5.74) is 2.43. The molecule has 0 aliphatic heterocycles. The summed E-state index contributed by atoms with van der Waals surface area (Å²) < 4.78 is 0. The van der Waals surface area contributed by atoms with Crippen LogP contribution in [0.2, 0.25) is 0 Å². The molecule has 1 aromatic carbocycles. The number of anilines is 1. The molecule has 2 N–H and O–H groups in total. The first-order valence-electron chi connectivity index (χ1n) is 4.50. The predicted molar refractivity (Wildman–Crippen MR) is 55.0 cm³/mol. The van der Waals surface area contributed by atoms with Crippen LogP contribution in [0.1, 0.15) is 12.5 Å². The number of rotatable bonds is 2. The van der Waals surface area contributed by atoms with Gasteiger partial charge in [0, 0.05) is 12.4 Å². The van der Waals surface area contributed by atoms with Gasteiger partial charge in [0.25, 0.3) is 0 Å².